The number of H-pyrrole nitrogens is 1. The summed E-state index contributed by atoms with van der Waals surface area (Å²) in [5.41, 5.74) is 1.89. The molecule has 0 atom stereocenters. The summed E-state index contributed by atoms with van der Waals surface area (Å²) in [5, 5.41) is 14.2. The lowest BCUT2D eigenvalue weighted by Gasteiger charge is -2.32. The number of aryl methyl sites for hydroxylation is 1. The van der Waals surface area contributed by atoms with E-state index in [1.807, 2.05) is 73.7 Å². The summed E-state index contributed by atoms with van der Waals surface area (Å²) in [6.45, 7) is 3.88. The van der Waals surface area contributed by atoms with Crippen LogP contribution in [0.3, 0.4) is 0 Å². The first kappa shape index (κ1) is 26.7. The first-order valence-electron chi connectivity index (χ1n) is 13.0. The van der Waals surface area contributed by atoms with E-state index in [1.54, 1.807) is 18.2 Å². The molecule has 3 N–H and O–H groups in total. The van der Waals surface area contributed by atoms with E-state index in [2.05, 4.69) is 25.7 Å². The Hall–Kier alpha value is -4.54. The van der Waals surface area contributed by atoms with Gasteiger partial charge in [-0.3, -0.25) is 9.89 Å². The minimum Gasteiger partial charge on any atom is -0.457 e. The van der Waals surface area contributed by atoms with Gasteiger partial charge in [0, 0.05) is 41.9 Å². The molecule has 9 nitrogen and oxygen atoms in total. The number of carbonyl (C=O) groups is 1. The Morgan fingerprint density at radius 2 is 1.78 bits per heavy atom. The molecular formula is C30H26ClN7O2S. The Kier molecular flexibility index (Phi) is 7.75. The normalized spacial score (nSPS) is 12.5. The van der Waals surface area contributed by atoms with Gasteiger partial charge in [0.25, 0.3) is 5.91 Å². The standard InChI is InChI=1S/C30H26ClN7O2S/c1-19-16-27(37-36-19)33-26-18-28(38-14-5-15-38)35-30(34-26)41-23-11-8-20(9-12-23)32-29(39)24-13-10-22(17-25(24)31)40-21-6-3-2-4-7-21/h2-4,6-13,16-18H,5,14-15H2,1H3,(H,32,39)(H2,33,34,35,36,37). The van der Waals surface area contributed by atoms with Gasteiger partial charge >= 0.3 is 0 Å². The molecule has 6 rings (SSSR count). The van der Waals surface area contributed by atoms with Crippen molar-refractivity contribution in [2.24, 2.45) is 0 Å². The average Bonchev–Trinajstić information content (AvgIpc) is 3.33. The minimum atomic E-state index is -0.308. The molecule has 11 heteroatoms. The second kappa shape index (κ2) is 11.9. The highest BCUT2D eigenvalue weighted by molar-refractivity contribution is 7.99. The number of aromatic nitrogens is 4. The van der Waals surface area contributed by atoms with Crippen LogP contribution in [0.25, 0.3) is 0 Å². The first-order valence-corrected chi connectivity index (χ1v) is 14.2. The van der Waals surface area contributed by atoms with Crippen molar-refractivity contribution >= 4 is 52.4 Å². The smallest absolute Gasteiger partial charge is 0.257 e. The summed E-state index contributed by atoms with van der Waals surface area (Å²) in [6.07, 6.45) is 1.15. The molecular weight excluding hydrogens is 558 g/mol. The average molecular weight is 584 g/mol. The molecule has 1 saturated heterocycles. The number of nitrogens with one attached hydrogen (secondary N) is 3. The fraction of sp³-hybridized carbons (Fsp3) is 0.133. The Morgan fingerprint density at radius 3 is 2.46 bits per heavy atom. The molecule has 1 aliphatic heterocycles. The molecule has 0 spiro atoms. The number of nitrogens with zero attached hydrogens (tertiary/aromatic N) is 4. The molecule has 1 amide bonds. The maximum atomic E-state index is 12.9. The number of rotatable bonds is 9. The molecule has 41 heavy (non-hydrogen) atoms. The van der Waals surface area contributed by atoms with Crippen molar-refractivity contribution < 1.29 is 9.53 Å². The summed E-state index contributed by atoms with van der Waals surface area (Å²) >= 11 is 7.86. The van der Waals surface area contributed by atoms with Crippen molar-refractivity contribution in [3.05, 3.63) is 101 Å². The highest BCUT2D eigenvalue weighted by Gasteiger charge is 2.19. The SMILES string of the molecule is Cc1cc(Nc2cc(N3CCC3)nc(Sc3ccc(NC(=O)c4ccc(Oc5ccccc5)cc4Cl)cc3)n2)[nH]n1. The number of halogens is 1. The van der Waals surface area contributed by atoms with Crippen molar-refractivity contribution in [2.45, 2.75) is 23.4 Å². The van der Waals surface area contributed by atoms with Crippen LogP contribution in [0.4, 0.5) is 23.1 Å². The van der Waals surface area contributed by atoms with Gasteiger partial charge in [0.2, 0.25) is 0 Å². The van der Waals surface area contributed by atoms with Gasteiger partial charge in [-0.15, -0.1) is 0 Å². The van der Waals surface area contributed by atoms with Gasteiger partial charge in [0.15, 0.2) is 5.16 Å². The molecule has 3 heterocycles. The maximum absolute atomic E-state index is 12.9. The molecule has 2 aromatic heterocycles. The van der Waals surface area contributed by atoms with Crippen molar-refractivity contribution in [3.8, 4) is 11.5 Å². The Morgan fingerprint density at radius 1 is 0.976 bits per heavy atom. The van der Waals surface area contributed by atoms with Crippen LogP contribution in [0.5, 0.6) is 11.5 Å². The van der Waals surface area contributed by atoms with E-state index >= 15 is 0 Å². The molecule has 5 aromatic rings. The van der Waals surface area contributed by atoms with E-state index in [4.69, 9.17) is 26.3 Å². The number of hydrogen-bond donors (Lipinski definition) is 3. The van der Waals surface area contributed by atoms with Crippen LogP contribution in [-0.2, 0) is 0 Å². The van der Waals surface area contributed by atoms with Crippen molar-refractivity contribution in [1.82, 2.24) is 20.2 Å². The van der Waals surface area contributed by atoms with Crippen molar-refractivity contribution in [2.75, 3.05) is 28.6 Å². The molecule has 206 valence electrons. The number of aromatic amines is 1. The number of amides is 1. The van der Waals surface area contributed by atoms with Crippen LogP contribution >= 0.6 is 23.4 Å². The highest BCUT2D eigenvalue weighted by atomic mass is 35.5. The van der Waals surface area contributed by atoms with E-state index in [-0.39, 0.29) is 5.91 Å². The molecule has 0 aliphatic carbocycles. The van der Waals surface area contributed by atoms with Gasteiger partial charge in [0.1, 0.15) is 29.0 Å². The molecule has 0 saturated carbocycles. The highest BCUT2D eigenvalue weighted by Crippen LogP contribution is 2.32. The van der Waals surface area contributed by atoms with Crippen LogP contribution in [-0.4, -0.2) is 39.2 Å². The second-order valence-corrected chi connectivity index (χ2v) is 10.9. The van der Waals surface area contributed by atoms with Crippen LogP contribution in [0, 0.1) is 6.92 Å². The number of anilines is 4. The van der Waals surface area contributed by atoms with Crippen molar-refractivity contribution in [3.63, 3.8) is 0 Å². The number of hydrogen-bond acceptors (Lipinski definition) is 8. The fourth-order valence-electron chi connectivity index (χ4n) is 4.13. The lowest BCUT2D eigenvalue weighted by molar-refractivity contribution is 0.102. The first-order chi connectivity index (χ1) is 20.0. The lowest BCUT2D eigenvalue weighted by atomic mass is 10.2. The van der Waals surface area contributed by atoms with E-state index < -0.39 is 0 Å². The van der Waals surface area contributed by atoms with Gasteiger partial charge in [-0.2, -0.15) is 5.10 Å². The monoisotopic (exact) mass is 583 g/mol. The Balaban J connectivity index is 1.12. The van der Waals surface area contributed by atoms with E-state index in [9.17, 15) is 4.79 Å². The maximum Gasteiger partial charge on any atom is 0.257 e. The number of para-hydroxylation sites is 1. The third kappa shape index (κ3) is 6.62. The summed E-state index contributed by atoms with van der Waals surface area (Å²) in [5.74, 6) is 3.28. The largest absolute Gasteiger partial charge is 0.457 e. The second-order valence-electron chi connectivity index (χ2n) is 9.42. The van der Waals surface area contributed by atoms with Crippen LogP contribution < -0.4 is 20.3 Å². The summed E-state index contributed by atoms with van der Waals surface area (Å²) in [4.78, 5) is 25.6. The summed E-state index contributed by atoms with van der Waals surface area (Å²) < 4.78 is 5.80. The van der Waals surface area contributed by atoms with Gasteiger partial charge in [0.05, 0.1) is 16.3 Å². The zero-order chi connectivity index (χ0) is 28.2. The minimum absolute atomic E-state index is 0.303. The molecule has 0 radical (unpaired) electrons. The van der Waals surface area contributed by atoms with Crippen molar-refractivity contribution in [1.29, 1.82) is 0 Å². The predicted octanol–water partition coefficient (Wildman–Crippen LogP) is 7.31. The third-order valence-electron chi connectivity index (χ3n) is 6.33. The molecule has 3 aromatic carbocycles. The van der Waals surface area contributed by atoms with E-state index in [0.717, 1.165) is 41.7 Å². The number of ether oxygens (including phenoxy) is 1. The van der Waals surface area contributed by atoms with Gasteiger partial charge in [-0.1, -0.05) is 29.8 Å². The number of benzene rings is 3. The number of carbonyl (C=O) groups excluding carboxylic acids is 1. The summed E-state index contributed by atoms with van der Waals surface area (Å²) in [6, 6.07) is 25.8. The summed E-state index contributed by atoms with van der Waals surface area (Å²) in [7, 11) is 0. The van der Waals surface area contributed by atoms with Crippen LogP contribution in [0.15, 0.2) is 95.0 Å². The van der Waals surface area contributed by atoms with Gasteiger partial charge in [-0.25, -0.2) is 9.97 Å². The Bertz CT molecular complexity index is 1670. The molecule has 1 fully saturated rings. The quantitative estimate of drug-likeness (QED) is 0.155. The lowest BCUT2D eigenvalue weighted by Crippen LogP contribution is -2.37. The van der Waals surface area contributed by atoms with Gasteiger partial charge in [-0.05, 0) is 73.6 Å². The third-order valence-corrected chi connectivity index (χ3v) is 7.51. The van der Waals surface area contributed by atoms with E-state index in [1.165, 1.54) is 11.8 Å². The zero-order valence-corrected chi connectivity index (χ0v) is 23.7. The predicted molar refractivity (Wildman–Crippen MR) is 162 cm³/mol. The Labute approximate surface area is 246 Å². The van der Waals surface area contributed by atoms with Crippen LogP contribution in [0.1, 0.15) is 22.5 Å². The van der Waals surface area contributed by atoms with Gasteiger partial charge < -0.3 is 20.3 Å². The molecule has 0 unspecified atom stereocenters. The molecule has 0 bridgehead atoms. The zero-order valence-electron chi connectivity index (χ0n) is 22.1. The fourth-order valence-corrected chi connectivity index (χ4v) is 5.15. The molecule has 1 aliphatic rings. The van der Waals surface area contributed by atoms with E-state index in [0.29, 0.717) is 38.7 Å². The van der Waals surface area contributed by atoms with Crippen LogP contribution in [0.2, 0.25) is 5.02 Å². The topological polar surface area (TPSA) is 108 Å².